The van der Waals surface area contributed by atoms with Crippen LogP contribution in [-0.2, 0) is 47.7 Å². The van der Waals surface area contributed by atoms with Gasteiger partial charge >= 0.3 is 23.9 Å². The van der Waals surface area contributed by atoms with E-state index in [0.717, 1.165) is 26.8 Å². The fourth-order valence-corrected chi connectivity index (χ4v) is 3.18. The number of hydrogen-bond donors (Lipinski definition) is 3. The van der Waals surface area contributed by atoms with Crippen molar-refractivity contribution in [1.29, 1.82) is 0 Å². The standard InChI is InChI=1S/C20H28N2O11S/c1-9(23)22-17-13(29-6-5-16(21)34)7-14(20(27)28)33-19(17)18(32-12(4)26)15(31-11(3)25)8-30-10(2)24/h7,13,15,17-19H,5-6,8H2,1-4H3,(H2,21,34)(H,22,23)(H,27,28)/t13?,15?,17?,18?,19-/m1/s1. The summed E-state index contributed by atoms with van der Waals surface area (Å²) in [6.45, 7) is 3.87. The van der Waals surface area contributed by atoms with E-state index in [9.17, 15) is 29.1 Å². The maximum Gasteiger partial charge on any atom is 0.370 e. The number of ether oxygens (including phenoxy) is 5. The molecule has 13 nitrogen and oxygen atoms in total. The molecule has 4 unspecified atom stereocenters. The number of nitrogens with two attached hydrogens (primary N) is 1. The van der Waals surface area contributed by atoms with Crippen molar-refractivity contribution in [2.24, 2.45) is 5.73 Å². The number of amides is 1. The Kier molecular flexibility index (Phi) is 11.4. The summed E-state index contributed by atoms with van der Waals surface area (Å²) in [6.07, 6.45) is -4.15. The smallest absolute Gasteiger partial charge is 0.370 e. The van der Waals surface area contributed by atoms with Crippen molar-refractivity contribution < 1.29 is 52.8 Å². The van der Waals surface area contributed by atoms with Gasteiger partial charge in [-0.3, -0.25) is 19.2 Å². The summed E-state index contributed by atoms with van der Waals surface area (Å²) in [5.74, 6) is -4.95. The normalized spacial score (nSPS) is 21.1. The molecule has 1 rings (SSSR count). The van der Waals surface area contributed by atoms with Crippen molar-refractivity contribution in [1.82, 2.24) is 5.32 Å². The number of nitrogens with one attached hydrogen (secondary N) is 1. The van der Waals surface area contributed by atoms with Crippen LogP contribution < -0.4 is 11.1 Å². The molecule has 0 bridgehead atoms. The molecular formula is C20H28N2O11S. The largest absolute Gasteiger partial charge is 0.477 e. The third-order valence-electron chi connectivity index (χ3n) is 4.29. The second-order valence-electron chi connectivity index (χ2n) is 7.22. The van der Waals surface area contributed by atoms with E-state index in [4.69, 9.17) is 41.6 Å². The molecule has 0 radical (unpaired) electrons. The fourth-order valence-electron chi connectivity index (χ4n) is 3.09. The van der Waals surface area contributed by atoms with Crippen LogP contribution in [0.2, 0.25) is 0 Å². The molecule has 0 fully saturated rings. The molecule has 0 saturated heterocycles. The van der Waals surface area contributed by atoms with E-state index in [1.54, 1.807) is 0 Å². The van der Waals surface area contributed by atoms with Gasteiger partial charge in [-0.1, -0.05) is 12.2 Å². The number of carbonyl (C=O) groups excluding carboxylic acids is 4. The number of thiocarbonyl (C=S) groups is 1. The van der Waals surface area contributed by atoms with Gasteiger partial charge in [0.05, 0.1) is 17.6 Å². The zero-order valence-corrected chi connectivity index (χ0v) is 19.9. The van der Waals surface area contributed by atoms with Gasteiger partial charge in [0.1, 0.15) is 12.7 Å². The average Bonchev–Trinajstić information content (AvgIpc) is 2.69. The minimum atomic E-state index is -1.51. The third-order valence-corrected chi connectivity index (χ3v) is 4.49. The molecule has 5 atom stereocenters. The lowest BCUT2D eigenvalue weighted by atomic mass is 9.93. The maximum atomic E-state index is 11.9. The van der Waals surface area contributed by atoms with Gasteiger partial charge in [0.25, 0.3) is 0 Å². The summed E-state index contributed by atoms with van der Waals surface area (Å²) in [5, 5.41) is 12.1. The average molecular weight is 505 g/mol. The summed E-state index contributed by atoms with van der Waals surface area (Å²) in [5.41, 5.74) is 5.47. The number of hydrogen-bond acceptors (Lipinski definition) is 11. The first-order valence-corrected chi connectivity index (χ1v) is 10.5. The van der Waals surface area contributed by atoms with E-state index in [-0.39, 0.29) is 18.0 Å². The molecule has 1 heterocycles. The van der Waals surface area contributed by atoms with Crippen LogP contribution in [0.1, 0.15) is 34.1 Å². The van der Waals surface area contributed by atoms with E-state index < -0.39 is 72.6 Å². The highest BCUT2D eigenvalue weighted by molar-refractivity contribution is 7.80. The molecule has 14 heteroatoms. The molecule has 1 aliphatic rings. The molecule has 190 valence electrons. The Morgan fingerprint density at radius 3 is 2.21 bits per heavy atom. The van der Waals surface area contributed by atoms with Crippen molar-refractivity contribution in [3.8, 4) is 0 Å². The van der Waals surface area contributed by atoms with Crippen molar-refractivity contribution in [2.45, 2.75) is 64.6 Å². The molecule has 1 aliphatic heterocycles. The molecule has 4 N–H and O–H groups in total. The molecule has 0 spiro atoms. The number of rotatable bonds is 12. The Labute approximate surface area is 200 Å². The number of esters is 3. The first-order chi connectivity index (χ1) is 15.8. The number of aliphatic carboxylic acids is 1. The van der Waals surface area contributed by atoms with Crippen LogP contribution in [0.4, 0.5) is 0 Å². The highest BCUT2D eigenvalue weighted by atomic mass is 32.1. The van der Waals surface area contributed by atoms with Crippen LogP contribution in [0, 0.1) is 0 Å². The van der Waals surface area contributed by atoms with Gasteiger partial charge in [-0.2, -0.15) is 0 Å². The lowest BCUT2D eigenvalue weighted by molar-refractivity contribution is -0.190. The topological polar surface area (TPSA) is 190 Å². The van der Waals surface area contributed by atoms with E-state index >= 15 is 0 Å². The Morgan fingerprint density at radius 1 is 1.12 bits per heavy atom. The molecular weight excluding hydrogens is 476 g/mol. The van der Waals surface area contributed by atoms with E-state index in [2.05, 4.69) is 5.32 Å². The summed E-state index contributed by atoms with van der Waals surface area (Å²) in [4.78, 5) is 58.8. The van der Waals surface area contributed by atoms with Gasteiger partial charge in [0, 0.05) is 34.1 Å². The van der Waals surface area contributed by atoms with Gasteiger partial charge in [0.2, 0.25) is 11.7 Å². The monoisotopic (exact) mass is 504 g/mol. The molecule has 34 heavy (non-hydrogen) atoms. The van der Waals surface area contributed by atoms with Crippen LogP contribution in [0.5, 0.6) is 0 Å². The van der Waals surface area contributed by atoms with E-state index in [1.807, 2.05) is 0 Å². The number of carbonyl (C=O) groups is 5. The predicted octanol–water partition coefficient (Wildman–Crippen LogP) is -0.654. The lowest BCUT2D eigenvalue weighted by Crippen LogP contribution is -2.61. The Morgan fingerprint density at radius 2 is 1.74 bits per heavy atom. The van der Waals surface area contributed by atoms with Gasteiger partial charge in [-0.25, -0.2) is 4.79 Å². The summed E-state index contributed by atoms with van der Waals surface area (Å²) in [7, 11) is 0. The molecule has 0 aromatic rings. The van der Waals surface area contributed by atoms with Gasteiger partial charge in [0.15, 0.2) is 18.3 Å². The van der Waals surface area contributed by atoms with E-state index in [0.29, 0.717) is 0 Å². The Balaban J connectivity index is 3.49. The summed E-state index contributed by atoms with van der Waals surface area (Å²) < 4.78 is 26.7. The molecule has 0 saturated carbocycles. The second kappa shape index (κ2) is 13.4. The van der Waals surface area contributed by atoms with Crippen LogP contribution in [-0.4, -0.2) is 83.6 Å². The van der Waals surface area contributed by atoms with Crippen molar-refractivity contribution in [3.63, 3.8) is 0 Å². The second-order valence-corrected chi connectivity index (χ2v) is 7.75. The van der Waals surface area contributed by atoms with Gasteiger partial charge in [-0.05, 0) is 6.08 Å². The highest BCUT2D eigenvalue weighted by Gasteiger charge is 2.48. The molecule has 1 amide bonds. The minimum absolute atomic E-state index is 0.0226. The van der Waals surface area contributed by atoms with Crippen molar-refractivity contribution in [3.05, 3.63) is 11.8 Å². The third kappa shape index (κ3) is 9.70. The first-order valence-electron chi connectivity index (χ1n) is 10.1. The fraction of sp³-hybridized carbons (Fsp3) is 0.600. The lowest BCUT2D eigenvalue weighted by Gasteiger charge is -2.41. The van der Waals surface area contributed by atoms with Crippen LogP contribution >= 0.6 is 12.2 Å². The molecule has 0 aliphatic carbocycles. The quantitative estimate of drug-likeness (QED) is 0.173. The Hall–Kier alpha value is -3.26. The molecule has 0 aromatic carbocycles. The zero-order valence-electron chi connectivity index (χ0n) is 19.1. The highest BCUT2D eigenvalue weighted by Crippen LogP contribution is 2.28. The summed E-state index contributed by atoms with van der Waals surface area (Å²) in [6, 6.07) is -1.12. The number of carboxylic acids is 1. The Bertz CT molecular complexity index is 844. The van der Waals surface area contributed by atoms with Crippen molar-refractivity contribution in [2.75, 3.05) is 13.2 Å². The SMILES string of the molecule is CC(=O)NC1C(OCCC(N)=S)C=C(C(=O)O)O[C@H]1C(OC(C)=O)C(COC(C)=O)OC(C)=O. The molecule has 0 aromatic heterocycles. The zero-order chi connectivity index (χ0) is 26.0. The first kappa shape index (κ1) is 28.8. The van der Waals surface area contributed by atoms with Gasteiger partial charge < -0.3 is 39.8 Å². The number of carboxylic acid groups (broad SMARTS) is 1. The van der Waals surface area contributed by atoms with Crippen LogP contribution in [0.3, 0.4) is 0 Å². The summed E-state index contributed by atoms with van der Waals surface area (Å²) >= 11 is 4.81. The van der Waals surface area contributed by atoms with Crippen molar-refractivity contribution >= 4 is 47.0 Å². The van der Waals surface area contributed by atoms with Gasteiger partial charge in [-0.15, -0.1) is 0 Å². The predicted molar refractivity (Wildman–Crippen MR) is 117 cm³/mol. The minimum Gasteiger partial charge on any atom is -0.477 e. The van der Waals surface area contributed by atoms with Crippen LogP contribution in [0.15, 0.2) is 11.8 Å². The van der Waals surface area contributed by atoms with Crippen LogP contribution in [0.25, 0.3) is 0 Å². The van der Waals surface area contributed by atoms with E-state index in [1.165, 1.54) is 6.92 Å². The maximum absolute atomic E-state index is 11.9.